The molecule has 5 N–H and O–H groups in total. The Morgan fingerprint density at radius 3 is 2.19 bits per heavy atom. The number of nitrogens with one attached hydrogen (secondary N) is 3. The molecule has 0 saturated heterocycles. The molecule has 1 rings (SSSR count). The van der Waals surface area contributed by atoms with Crippen molar-refractivity contribution in [3.8, 4) is 0 Å². The van der Waals surface area contributed by atoms with E-state index in [-0.39, 0.29) is 31.9 Å². The van der Waals surface area contributed by atoms with Gasteiger partial charge in [0.1, 0.15) is 18.7 Å². The van der Waals surface area contributed by atoms with Crippen LogP contribution < -0.4 is 16.0 Å². The van der Waals surface area contributed by atoms with Crippen molar-refractivity contribution in [1.82, 2.24) is 16.0 Å². The van der Waals surface area contributed by atoms with Gasteiger partial charge in [0.15, 0.2) is 0 Å². The molecular weight excluding hydrogens is 488 g/mol. The van der Waals surface area contributed by atoms with Gasteiger partial charge in [-0.05, 0) is 29.9 Å². The van der Waals surface area contributed by atoms with Crippen LogP contribution in [-0.4, -0.2) is 64.7 Å². The Balaban J connectivity index is 2.93. The van der Waals surface area contributed by atoms with Gasteiger partial charge < -0.3 is 30.9 Å². The van der Waals surface area contributed by atoms with Crippen LogP contribution in [0.15, 0.2) is 35.4 Å². The maximum absolute atomic E-state index is 13.0. The zero-order valence-corrected chi connectivity index (χ0v) is 20.6. The summed E-state index contributed by atoms with van der Waals surface area (Å²) >= 11 is 0. The molecule has 0 saturated carbocycles. The lowest BCUT2D eigenvalue weighted by molar-refractivity contribution is -0.139. The Morgan fingerprint density at radius 1 is 0.973 bits per heavy atom. The molecule has 0 aromatic heterocycles. The lowest BCUT2D eigenvalue weighted by Crippen LogP contribution is -2.55. The van der Waals surface area contributed by atoms with Crippen molar-refractivity contribution in [2.24, 2.45) is 11.0 Å². The van der Waals surface area contributed by atoms with Gasteiger partial charge in [-0.2, -0.15) is 0 Å². The Labute approximate surface area is 213 Å². The maximum atomic E-state index is 13.0. The molecule has 0 fully saturated rings. The van der Waals surface area contributed by atoms with Crippen LogP contribution in [0.25, 0.3) is 10.4 Å². The van der Waals surface area contributed by atoms with E-state index in [1.54, 1.807) is 44.2 Å². The van der Waals surface area contributed by atoms with Crippen molar-refractivity contribution in [3.63, 3.8) is 0 Å². The van der Waals surface area contributed by atoms with E-state index >= 15 is 0 Å². The number of hydrogen-bond donors (Lipinski definition) is 5. The molecule has 3 atom stereocenters. The molecule has 0 spiro atoms. The zero-order chi connectivity index (χ0) is 27.8. The van der Waals surface area contributed by atoms with E-state index in [1.807, 2.05) is 0 Å². The van der Waals surface area contributed by atoms with Crippen LogP contribution in [0.3, 0.4) is 0 Å². The Morgan fingerprint density at radius 2 is 1.62 bits per heavy atom. The van der Waals surface area contributed by atoms with Crippen molar-refractivity contribution in [2.45, 2.75) is 64.3 Å². The van der Waals surface area contributed by atoms with Crippen molar-refractivity contribution >= 4 is 29.8 Å². The highest BCUT2D eigenvalue weighted by molar-refractivity contribution is 5.91. The lowest BCUT2D eigenvalue weighted by atomic mass is 10.0. The van der Waals surface area contributed by atoms with Gasteiger partial charge in [0.05, 0.1) is 6.42 Å². The van der Waals surface area contributed by atoms with Crippen molar-refractivity contribution in [3.05, 3.63) is 46.3 Å². The molecule has 14 nitrogen and oxygen atoms in total. The largest absolute Gasteiger partial charge is 0.481 e. The molecule has 0 aliphatic carbocycles. The SMILES string of the molecule is CC(C)C[C@H](NC(=O)[C@H](CCC(=O)O)NC(=O)OCc1ccccc1)C(=O)N[C@H](CN=[N+]=[N-])CC(=O)O. The minimum absolute atomic E-state index is 0.0749. The third-order valence-corrected chi connectivity index (χ3v) is 4.94. The van der Waals surface area contributed by atoms with E-state index in [1.165, 1.54) is 0 Å². The van der Waals surface area contributed by atoms with Gasteiger partial charge in [-0.3, -0.25) is 19.2 Å². The second kappa shape index (κ2) is 16.4. The maximum Gasteiger partial charge on any atom is 0.408 e. The Hall–Kier alpha value is -4.32. The van der Waals surface area contributed by atoms with Gasteiger partial charge in [0.25, 0.3) is 0 Å². The molecule has 0 radical (unpaired) electrons. The Bertz CT molecular complexity index is 977. The van der Waals surface area contributed by atoms with Crippen LogP contribution in [0.1, 0.15) is 45.1 Å². The molecule has 1 aromatic carbocycles. The summed E-state index contributed by atoms with van der Waals surface area (Å²) in [6, 6.07) is 5.30. The first-order chi connectivity index (χ1) is 17.5. The number of hydrogen-bond acceptors (Lipinski definition) is 7. The molecule has 3 amide bonds. The molecule has 1 aromatic rings. The predicted octanol–water partition coefficient (Wildman–Crippen LogP) is 1.95. The smallest absolute Gasteiger partial charge is 0.408 e. The molecule has 0 heterocycles. The summed E-state index contributed by atoms with van der Waals surface area (Å²) in [4.78, 5) is 62.9. The molecule has 0 aliphatic heterocycles. The highest BCUT2D eigenvalue weighted by Crippen LogP contribution is 2.09. The average molecular weight is 521 g/mol. The molecule has 0 bridgehead atoms. The second-order valence-electron chi connectivity index (χ2n) is 8.60. The monoisotopic (exact) mass is 520 g/mol. The van der Waals surface area contributed by atoms with Crippen molar-refractivity contribution in [2.75, 3.05) is 6.54 Å². The number of aliphatic carboxylic acids is 2. The van der Waals surface area contributed by atoms with E-state index < -0.39 is 60.8 Å². The molecule has 0 aliphatic rings. The lowest BCUT2D eigenvalue weighted by Gasteiger charge is -2.25. The number of carboxylic acids is 2. The Kier molecular flexibility index (Phi) is 13.6. The third kappa shape index (κ3) is 13.4. The van der Waals surface area contributed by atoms with Gasteiger partial charge in [-0.1, -0.05) is 49.3 Å². The fourth-order valence-electron chi connectivity index (χ4n) is 3.23. The highest BCUT2D eigenvalue weighted by atomic mass is 16.5. The minimum atomic E-state index is -1.32. The fraction of sp³-hybridized carbons (Fsp3) is 0.522. The normalized spacial score (nSPS) is 12.8. The number of carboxylic acid groups (broad SMARTS) is 2. The highest BCUT2D eigenvalue weighted by Gasteiger charge is 2.29. The van der Waals surface area contributed by atoms with Crippen LogP contribution in [0.4, 0.5) is 4.79 Å². The first-order valence-corrected chi connectivity index (χ1v) is 11.5. The summed E-state index contributed by atoms with van der Waals surface area (Å²) < 4.78 is 5.11. The van der Waals surface area contributed by atoms with E-state index in [9.17, 15) is 24.0 Å². The number of ether oxygens (including phenoxy) is 1. The van der Waals surface area contributed by atoms with Crippen molar-refractivity contribution in [1.29, 1.82) is 0 Å². The van der Waals surface area contributed by atoms with Gasteiger partial charge in [0, 0.05) is 23.9 Å². The van der Waals surface area contributed by atoms with Crippen LogP contribution in [-0.2, 0) is 30.5 Å². The third-order valence-electron chi connectivity index (χ3n) is 4.94. The minimum Gasteiger partial charge on any atom is -0.481 e. The number of rotatable bonds is 16. The first-order valence-electron chi connectivity index (χ1n) is 11.5. The number of azide groups is 1. The number of benzene rings is 1. The number of alkyl carbamates (subject to hydrolysis) is 1. The van der Waals surface area contributed by atoms with E-state index in [0.717, 1.165) is 0 Å². The summed E-state index contributed by atoms with van der Waals surface area (Å²) in [6.45, 7) is 3.20. The molecule has 202 valence electrons. The van der Waals surface area contributed by atoms with Crippen molar-refractivity contribution < 1.29 is 38.9 Å². The van der Waals surface area contributed by atoms with Gasteiger partial charge >= 0.3 is 18.0 Å². The molecule has 14 heteroatoms. The summed E-state index contributed by atoms with van der Waals surface area (Å²) in [5.74, 6) is -4.03. The second-order valence-corrected chi connectivity index (χ2v) is 8.60. The van der Waals surface area contributed by atoms with Crippen LogP contribution >= 0.6 is 0 Å². The predicted molar refractivity (Wildman–Crippen MR) is 130 cm³/mol. The number of amides is 3. The van der Waals surface area contributed by atoms with Crippen LogP contribution in [0.5, 0.6) is 0 Å². The number of carbonyl (C=O) groups excluding carboxylic acids is 3. The number of nitrogens with zero attached hydrogens (tertiary/aromatic N) is 3. The fourth-order valence-corrected chi connectivity index (χ4v) is 3.23. The quantitative estimate of drug-likeness (QED) is 0.123. The van der Waals surface area contributed by atoms with Crippen LogP contribution in [0, 0.1) is 5.92 Å². The molecule has 37 heavy (non-hydrogen) atoms. The molecular formula is C23H32N6O8. The first kappa shape index (κ1) is 30.7. The standard InChI is InChI=1S/C23H32N6O8/c1-14(2)10-18(22(35)26-16(11-20(32)33)12-25-29-24)27-21(34)17(8-9-19(30)31)28-23(36)37-13-15-6-4-3-5-7-15/h3-7,14,16-18H,8-13H2,1-2H3,(H,26,35)(H,27,34)(H,28,36)(H,30,31)(H,32,33)/t16-,17-,18-/m0/s1. The van der Waals surface area contributed by atoms with Gasteiger partial charge in [-0.25, -0.2) is 4.79 Å². The zero-order valence-electron chi connectivity index (χ0n) is 20.6. The van der Waals surface area contributed by atoms with E-state index in [4.69, 9.17) is 20.5 Å². The van der Waals surface area contributed by atoms with Crippen LogP contribution in [0.2, 0.25) is 0 Å². The van der Waals surface area contributed by atoms with E-state index in [2.05, 4.69) is 26.0 Å². The van der Waals surface area contributed by atoms with Gasteiger partial charge in [0.2, 0.25) is 11.8 Å². The summed E-state index contributed by atoms with van der Waals surface area (Å²) in [6.07, 6.45) is -2.01. The topological polar surface area (TPSA) is 220 Å². The molecule has 0 unspecified atom stereocenters. The van der Waals surface area contributed by atoms with Gasteiger partial charge in [-0.15, -0.1) is 0 Å². The average Bonchev–Trinajstić information content (AvgIpc) is 2.83. The summed E-state index contributed by atoms with van der Waals surface area (Å²) in [5, 5.41) is 28.7. The summed E-state index contributed by atoms with van der Waals surface area (Å²) in [7, 11) is 0. The number of carbonyl (C=O) groups is 5. The van der Waals surface area contributed by atoms with E-state index in [0.29, 0.717) is 5.56 Å². The summed E-state index contributed by atoms with van der Waals surface area (Å²) in [5.41, 5.74) is 9.21.